The minimum Gasteiger partial charge on any atom is -0.396 e. The van der Waals surface area contributed by atoms with Gasteiger partial charge in [-0.25, -0.2) is 0 Å². The lowest BCUT2D eigenvalue weighted by molar-refractivity contribution is 0.0967. The molecule has 58 valence electrons. The molecule has 10 heavy (non-hydrogen) atoms. The van der Waals surface area contributed by atoms with Gasteiger partial charge in [-0.05, 0) is 13.3 Å². The lowest BCUT2D eigenvalue weighted by Crippen LogP contribution is -2.06. The first-order valence-corrected chi connectivity index (χ1v) is 3.61. The zero-order chi connectivity index (χ0) is 7.23. The van der Waals surface area contributed by atoms with E-state index in [-0.39, 0.29) is 0 Å². The third-order valence-corrected chi connectivity index (χ3v) is 1.51. The van der Waals surface area contributed by atoms with Crippen molar-refractivity contribution in [1.29, 1.82) is 0 Å². The number of ether oxygens (including phenoxy) is 1. The Morgan fingerprint density at radius 3 is 3.30 bits per heavy atom. The second-order valence-electron chi connectivity index (χ2n) is 2.39. The van der Waals surface area contributed by atoms with Gasteiger partial charge in [0, 0.05) is 18.7 Å². The molecule has 1 rings (SSSR count). The molecule has 1 unspecified atom stereocenters. The van der Waals surface area contributed by atoms with Crippen molar-refractivity contribution in [2.75, 3.05) is 19.8 Å². The van der Waals surface area contributed by atoms with E-state index in [1.165, 1.54) is 0 Å². The van der Waals surface area contributed by atoms with E-state index in [1.807, 2.05) is 6.92 Å². The topological polar surface area (TPSA) is 30.8 Å². The van der Waals surface area contributed by atoms with Crippen LogP contribution < -0.4 is 0 Å². The third kappa shape index (κ3) is 2.35. The van der Waals surface area contributed by atoms with Crippen LogP contribution in [0.25, 0.3) is 0 Å². The Bertz CT molecular complexity index is 108. The van der Waals surface area contributed by atoms with Crippen LogP contribution in [0.3, 0.4) is 0 Å². The first-order valence-electron chi connectivity index (χ1n) is 3.61. The summed E-state index contributed by atoms with van der Waals surface area (Å²) < 4.78 is 5.16. The van der Waals surface area contributed by atoms with Crippen LogP contribution in [0.4, 0.5) is 0 Å². The minimum absolute atomic E-state index is 0.559. The number of hydrogen-bond donors (Lipinski definition) is 0. The van der Waals surface area contributed by atoms with Crippen molar-refractivity contribution in [1.82, 2.24) is 0 Å². The van der Waals surface area contributed by atoms with Crippen LogP contribution in [0.2, 0.25) is 0 Å². The van der Waals surface area contributed by atoms with Gasteiger partial charge in [-0.15, -0.1) is 0 Å². The Kier molecular flexibility index (Phi) is 3.22. The maximum absolute atomic E-state index is 5.16. The van der Waals surface area contributed by atoms with Gasteiger partial charge in [-0.2, -0.15) is 0 Å². The highest BCUT2D eigenvalue weighted by Crippen LogP contribution is 2.11. The van der Waals surface area contributed by atoms with Crippen LogP contribution in [0, 0.1) is 5.92 Å². The monoisotopic (exact) mass is 143 g/mol. The average Bonchev–Trinajstić information content (AvgIpc) is 2.41. The van der Waals surface area contributed by atoms with Gasteiger partial charge < -0.3 is 9.57 Å². The van der Waals surface area contributed by atoms with Crippen molar-refractivity contribution in [3.8, 4) is 0 Å². The van der Waals surface area contributed by atoms with E-state index in [0.717, 1.165) is 19.6 Å². The molecule has 1 aliphatic rings. The maximum atomic E-state index is 5.16. The van der Waals surface area contributed by atoms with E-state index in [1.54, 1.807) is 6.21 Å². The fourth-order valence-electron chi connectivity index (χ4n) is 0.938. The molecule has 3 nitrogen and oxygen atoms in total. The van der Waals surface area contributed by atoms with Crippen LogP contribution in [0.15, 0.2) is 5.16 Å². The lowest BCUT2D eigenvalue weighted by atomic mass is 10.1. The second-order valence-corrected chi connectivity index (χ2v) is 2.39. The van der Waals surface area contributed by atoms with Gasteiger partial charge in [0.05, 0.1) is 6.61 Å². The van der Waals surface area contributed by atoms with Crippen molar-refractivity contribution < 1.29 is 9.57 Å². The van der Waals surface area contributed by atoms with Crippen LogP contribution in [0.5, 0.6) is 0 Å². The molecule has 1 aliphatic heterocycles. The van der Waals surface area contributed by atoms with Crippen molar-refractivity contribution in [3.05, 3.63) is 0 Å². The van der Waals surface area contributed by atoms with Crippen molar-refractivity contribution in [2.45, 2.75) is 13.3 Å². The Hall–Kier alpha value is -0.570. The van der Waals surface area contributed by atoms with E-state index >= 15 is 0 Å². The SMILES string of the molecule is CC=NOCC1CCOC1. The van der Waals surface area contributed by atoms with Gasteiger partial charge in [0.25, 0.3) is 0 Å². The highest BCUT2D eigenvalue weighted by atomic mass is 16.6. The maximum Gasteiger partial charge on any atom is 0.122 e. The standard InChI is InChI=1S/C7H13NO2/c1-2-8-10-6-7-3-4-9-5-7/h2,7H,3-6H2,1H3. The minimum atomic E-state index is 0.559. The summed E-state index contributed by atoms with van der Waals surface area (Å²) in [6.45, 7) is 4.25. The molecule has 0 aromatic carbocycles. The quantitative estimate of drug-likeness (QED) is 0.436. The molecule has 1 heterocycles. The molecular formula is C7H13NO2. The number of nitrogens with zero attached hydrogens (tertiary/aromatic N) is 1. The molecule has 1 fully saturated rings. The Balaban J connectivity index is 2.01. The van der Waals surface area contributed by atoms with Crippen molar-refractivity contribution in [2.24, 2.45) is 11.1 Å². The third-order valence-electron chi connectivity index (χ3n) is 1.51. The Morgan fingerprint density at radius 1 is 1.80 bits per heavy atom. The van der Waals surface area contributed by atoms with Crippen LogP contribution in [-0.2, 0) is 9.57 Å². The first-order chi connectivity index (χ1) is 4.93. The first kappa shape index (κ1) is 7.54. The zero-order valence-corrected chi connectivity index (χ0v) is 6.25. The van der Waals surface area contributed by atoms with Gasteiger partial charge in [-0.3, -0.25) is 0 Å². The lowest BCUT2D eigenvalue weighted by Gasteiger charge is -2.03. The van der Waals surface area contributed by atoms with E-state index in [2.05, 4.69) is 5.16 Å². The summed E-state index contributed by atoms with van der Waals surface area (Å²) >= 11 is 0. The van der Waals surface area contributed by atoms with Gasteiger partial charge in [0.2, 0.25) is 0 Å². The molecule has 0 aromatic rings. The Morgan fingerprint density at radius 2 is 2.70 bits per heavy atom. The van der Waals surface area contributed by atoms with E-state index in [0.29, 0.717) is 12.5 Å². The molecule has 0 spiro atoms. The van der Waals surface area contributed by atoms with Crippen LogP contribution in [0.1, 0.15) is 13.3 Å². The van der Waals surface area contributed by atoms with Crippen LogP contribution in [-0.4, -0.2) is 26.0 Å². The summed E-state index contributed by atoms with van der Waals surface area (Å²) in [5, 5.41) is 3.65. The number of rotatable bonds is 3. The largest absolute Gasteiger partial charge is 0.396 e. The summed E-state index contributed by atoms with van der Waals surface area (Å²) in [6, 6.07) is 0. The molecular weight excluding hydrogens is 130 g/mol. The molecule has 0 aliphatic carbocycles. The van der Waals surface area contributed by atoms with Crippen molar-refractivity contribution >= 4 is 6.21 Å². The molecule has 1 saturated heterocycles. The zero-order valence-electron chi connectivity index (χ0n) is 6.25. The van der Waals surface area contributed by atoms with E-state index in [4.69, 9.17) is 9.57 Å². The summed E-state index contributed by atoms with van der Waals surface area (Å²) in [5.41, 5.74) is 0. The molecule has 0 saturated carbocycles. The molecule has 0 bridgehead atoms. The predicted octanol–water partition coefficient (Wildman–Crippen LogP) is 1.05. The fraction of sp³-hybridized carbons (Fsp3) is 0.857. The smallest absolute Gasteiger partial charge is 0.122 e. The summed E-state index contributed by atoms with van der Waals surface area (Å²) in [4.78, 5) is 4.96. The molecule has 3 heteroatoms. The Labute approximate surface area is 61.0 Å². The number of hydrogen-bond acceptors (Lipinski definition) is 3. The van der Waals surface area contributed by atoms with Gasteiger partial charge in [-0.1, -0.05) is 5.16 Å². The van der Waals surface area contributed by atoms with Gasteiger partial charge >= 0.3 is 0 Å². The molecule has 1 atom stereocenters. The van der Waals surface area contributed by atoms with E-state index < -0.39 is 0 Å². The van der Waals surface area contributed by atoms with Crippen molar-refractivity contribution in [3.63, 3.8) is 0 Å². The second kappa shape index (κ2) is 4.28. The fourth-order valence-corrected chi connectivity index (χ4v) is 0.938. The predicted molar refractivity (Wildman–Crippen MR) is 39.0 cm³/mol. The highest BCUT2D eigenvalue weighted by molar-refractivity contribution is 5.52. The normalized spacial score (nSPS) is 25.9. The van der Waals surface area contributed by atoms with Crippen LogP contribution >= 0.6 is 0 Å². The van der Waals surface area contributed by atoms with Gasteiger partial charge in [0.15, 0.2) is 0 Å². The molecule has 0 N–H and O–H groups in total. The summed E-state index contributed by atoms with van der Waals surface area (Å²) in [6.07, 6.45) is 2.76. The number of oxime groups is 1. The highest BCUT2D eigenvalue weighted by Gasteiger charge is 2.15. The molecule has 0 radical (unpaired) electrons. The molecule has 0 aromatic heterocycles. The average molecular weight is 143 g/mol. The summed E-state index contributed by atoms with van der Waals surface area (Å²) in [7, 11) is 0. The summed E-state index contributed by atoms with van der Waals surface area (Å²) in [5.74, 6) is 0.559. The van der Waals surface area contributed by atoms with Gasteiger partial charge in [0.1, 0.15) is 6.61 Å². The van der Waals surface area contributed by atoms with E-state index in [9.17, 15) is 0 Å². The molecule has 0 amide bonds.